The van der Waals surface area contributed by atoms with E-state index in [-0.39, 0.29) is 25.1 Å². The number of carboxylic acid groups (broad SMARTS) is 1. The molecule has 0 spiro atoms. The number of carboxylic acids is 1. The minimum absolute atomic E-state index is 0.0576. The molecule has 1 saturated heterocycles. The second-order valence-electron chi connectivity index (χ2n) is 5.85. The first-order valence-corrected chi connectivity index (χ1v) is 8.05. The molecule has 0 aliphatic carbocycles. The molecule has 1 aromatic carbocycles. The average Bonchev–Trinajstić information content (AvgIpc) is 3.30. The van der Waals surface area contributed by atoms with Crippen LogP contribution < -0.4 is 9.64 Å². The number of ether oxygens (including phenoxy) is 2. The zero-order chi connectivity index (χ0) is 18.7. The average molecular weight is 363 g/mol. The van der Waals surface area contributed by atoms with E-state index in [0.29, 0.717) is 11.4 Å². The van der Waals surface area contributed by atoms with Gasteiger partial charge < -0.3 is 23.9 Å². The lowest BCUT2D eigenvalue weighted by Crippen LogP contribution is -2.39. The van der Waals surface area contributed by atoms with Gasteiger partial charge >= 0.3 is 5.97 Å². The van der Waals surface area contributed by atoms with E-state index in [1.807, 2.05) is 0 Å². The summed E-state index contributed by atoms with van der Waals surface area (Å²) in [6.07, 6.45) is 0.0812. The van der Waals surface area contributed by atoms with Crippen molar-refractivity contribution in [2.45, 2.75) is 31.6 Å². The van der Waals surface area contributed by atoms with Gasteiger partial charge in [-0.15, -0.1) is 0 Å². The van der Waals surface area contributed by atoms with E-state index in [0.717, 1.165) is 0 Å². The summed E-state index contributed by atoms with van der Waals surface area (Å²) in [6, 6.07) is 7.52. The molecule has 0 radical (unpaired) electrons. The van der Waals surface area contributed by atoms with E-state index >= 15 is 0 Å². The van der Waals surface area contributed by atoms with Crippen molar-refractivity contribution in [3.63, 3.8) is 0 Å². The summed E-state index contributed by atoms with van der Waals surface area (Å²) in [5, 5.41) is 9.04. The Balaban J connectivity index is 1.87. The molecule has 2 heterocycles. The lowest BCUT2D eigenvalue weighted by Gasteiger charge is -2.25. The minimum Gasteiger partial charge on any atom is -0.494 e. The zero-order valence-corrected chi connectivity index (χ0v) is 14.1. The monoisotopic (exact) mass is 363 g/mol. The van der Waals surface area contributed by atoms with Crippen LogP contribution in [0.15, 0.2) is 41.0 Å². The Morgan fingerprint density at radius 1 is 1.31 bits per heavy atom. The highest BCUT2D eigenvalue weighted by atomic mass is 19.1. The molecule has 1 aromatic heterocycles. The summed E-state index contributed by atoms with van der Waals surface area (Å²) in [4.78, 5) is 25.3. The Morgan fingerprint density at radius 3 is 2.65 bits per heavy atom. The molecule has 1 aliphatic rings. The van der Waals surface area contributed by atoms with Crippen LogP contribution in [-0.2, 0) is 20.9 Å². The van der Waals surface area contributed by atoms with Crippen LogP contribution in [0.2, 0.25) is 0 Å². The van der Waals surface area contributed by atoms with Gasteiger partial charge in [0.2, 0.25) is 0 Å². The van der Waals surface area contributed by atoms with Crippen LogP contribution in [0, 0.1) is 5.82 Å². The Labute approximate surface area is 148 Å². The number of methoxy groups -OCH3 is 1. The summed E-state index contributed by atoms with van der Waals surface area (Å²) in [6.45, 7) is 0.0647. The molecular weight excluding hydrogens is 345 g/mol. The van der Waals surface area contributed by atoms with Gasteiger partial charge in [0.1, 0.15) is 11.9 Å². The lowest BCUT2D eigenvalue weighted by molar-refractivity contribution is -0.151. The standard InChI is InChI=1S/C18H18FNO6/c1-24-14-5-4-11(9-13(14)19)20(10-12-3-2-8-25-12)17(21)15-6-7-16(26-15)18(22)23/h2-5,8-9,15-16H,6-7,10H2,1H3,(H,22,23)/t15-,16+/m0/s1. The van der Waals surface area contributed by atoms with Crippen molar-refractivity contribution >= 4 is 17.6 Å². The van der Waals surface area contributed by atoms with Crippen molar-refractivity contribution in [2.24, 2.45) is 0 Å². The summed E-state index contributed by atoms with van der Waals surface area (Å²) in [5.74, 6) is -1.61. The summed E-state index contributed by atoms with van der Waals surface area (Å²) < 4.78 is 29.6. The number of rotatable bonds is 6. The molecular formula is C18H18FNO6. The zero-order valence-electron chi connectivity index (χ0n) is 14.1. The van der Waals surface area contributed by atoms with Gasteiger partial charge in [-0.3, -0.25) is 4.79 Å². The highest BCUT2D eigenvalue weighted by molar-refractivity contribution is 5.97. The predicted octanol–water partition coefficient (Wildman–Crippen LogP) is 2.59. The molecule has 3 rings (SSSR count). The number of carbonyl (C=O) groups excluding carboxylic acids is 1. The van der Waals surface area contributed by atoms with E-state index in [9.17, 15) is 14.0 Å². The number of furan rings is 1. The van der Waals surface area contributed by atoms with Crippen LogP contribution in [0.4, 0.5) is 10.1 Å². The summed E-state index contributed by atoms with van der Waals surface area (Å²) in [7, 11) is 1.35. The third kappa shape index (κ3) is 3.70. The molecule has 1 aliphatic heterocycles. The Bertz CT molecular complexity index is 791. The Morgan fingerprint density at radius 2 is 2.08 bits per heavy atom. The Hall–Kier alpha value is -2.87. The largest absolute Gasteiger partial charge is 0.494 e. The quantitative estimate of drug-likeness (QED) is 0.849. The van der Waals surface area contributed by atoms with Gasteiger partial charge in [-0.25, -0.2) is 9.18 Å². The van der Waals surface area contributed by atoms with E-state index < -0.39 is 29.9 Å². The molecule has 1 fully saturated rings. The van der Waals surface area contributed by atoms with Gasteiger partial charge in [0.05, 0.1) is 19.9 Å². The molecule has 1 N–H and O–H groups in total. The topological polar surface area (TPSA) is 89.2 Å². The molecule has 0 unspecified atom stereocenters. The summed E-state index contributed by atoms with van der Waals surface area (Å²) >= 11 is 0. The fourth-order valence-electron chi connectivity index (χ4n) is 2.85. The third-order valence-electron chi connectivity index (χ3n) is 4.18. The maximum Gasteiger partial charge on any atom is 0.332 e. The fourth-order valence-corrected chi connectivity index (χ4v) is 2.85. The van der Waals surface area contributed by atoms with Gasteiger partial charge in [0.25, 0.3) is 5.91 Å². The molecule has 7 nitrogen and oxygen atoms in total. The van der Waals surface area contributed by atoms with Gasteiger partial charge in [-0.1, -0.05) is 0 Å². The van der Waals surface area contributed by atoms with Crippen LogP contribution in [0.3, 0.4) is 0 Å². The number of benzene rings is 1. The summed E-state index contributed by atoms with van der Waals surface area (Å²) in [5.41, 5.74) is 0.298. The van der Waals surface area contributed by atoms with Crippen molar-refractivity contribution in [3.05, 3.63) is 48.2 Å². The van der Waals surface area contributed by atoms with E-state index in [1.165, 1.54) is 30.4 Å². The lowest BCUT2D eigenvalue weighted by atomic mass is 10.1. The molecule has 0 bridgehead atoms. The van der Waals surface area contributed by atoms with E-state index in [4.69, 9.17) is 19.0 Å². The van der Waals surface area contributed by atoms with Crippen molar-refractivity contribution < 1.29 is 33.0 Å². The van der Waals surface area contributed by atoms with E-state index in [1.54, 1.807) is 18.2 Å². The van der Waals surface area contributed by atoms with E-state index in [2.05, 4.69) is 0 Å². The number of anilines is 1. The first kappa shape index (κ1) is 17.9. The second kappa shape index (κ2) is 7.57. The number of nitrogens with zero attached hydrogens (tertiary/aromatic N) is 1. The molecule has 2 aromatic rings. The fraction of sp³-hybridized carbons (Fsp3) is 0.333. The number of hydrogen-bond donors (Lipinski definition) is 1. The molecule has 1 amide bonds. The highest BCUT2D eigenvalue weighted by Gasteiger charge is 2.37. The number of carbonyl (C=O) groups is 2. The Kier molecular flexibility index (Phi) is 5.22. The number of amides is 1. The van der Waals surface area contributed by atoms with Crippen LogP contribution >= 0.6 is 0 Å². The molecule has 0 saturated carbocycles. The van der Waals surface area contributed by atoms with Gasteiger partial charge in [-0.05, 0) is 37.1 Å². The number of halogens is 1. The van der Waals surface area contributed by atoms with Crippen LogP contribution in [0.5, 0.6) is 5.75 Å². The highest BCUT2D eigenvalue weighted by Crippen LogP contribution is 2.28. The molecule has 8 heteroatoms. The minimum atomic E-state index is -1.10. The van der Waals surface area contributed by atoms with Crippen molar-refractivity contribution in [2.75, 3.05) is 12.0 Å². The van der Waals surface area contributed by atoms with Crippen LogP contribution in [0.1, 0.15) is 18.6 Å². The molecule has 2 atom stereocenters. The van der Waals surface area contributed by atoms with Gasteiger partial charge in [0, 0.05) is 11.8 Å². The maximum atomic E-state index is 14.1. The number of aliphatic carboxylic acids is 1. The van der Waals surface area contributed by atoms with Gasteiger partial charge in [-0.2, -0.15) is 0 Å². The first-order valence-electron chi connectivity index (χ1n) is 8.05. The van der Waals surface area contributed by atoms with Crippen molar-refractivity contribution in [3.8, 4) is 5.75 Å². The maximum absolute atomic E-state index is 14.1. The third-order valence-corrected chi connectivity index (χ3v) is 4.18. The second-order valence-corrected chi connectivity index (χ2v) is 5.85. The normalized spacial score (nSPS) is 19.3. The van der Waals surface area contributed by atoms with Gasteiger partial charge in [0.15, 0.2) is 17.7 Å². The smallest absolute Gasteiger partial charge is 0.332 e. The van der Waals surface area contributed by atoms with Crippen LogP contribution in [0.25, 0.3) is 0 Å². The van der Waals surface area contributed by atoms with Crippen molar-refractivity contribution in [1.29, 1.82) is 0 Å². The number of hydrogen-bond acceptors (Lipinski definition) is 5. The first-order chi connectivity index (χ1) is 12.5. The molecule has 26 heavy (non-hydrogen) atoms. The SMILES string of the molecule is COc1ccc(N(Cc2ccco2)C(=O)[C@@H]2CC[C@H](C(=O)O)O2)cc1F. The predicted molar refractivity (Wildman–Crippen MR) is 88.4 cm³/mol. The molecule has 138 valence electrons. The van der Waals surface area contributed by atoms with Crippen LogP contribution in [-0.4, -0.2) is 36.3 Å². The van der Waals surface area contributed by atoms with Crippen molar-refractivity contribution in [1.82, 2.24) is 0 Å².